The van der Waals surface area contributed by atoms with E-state index in [1.54, 1.807) is 6.92 Å². The second-order valence-electron chi connectivity index (χ2n) is 4.80. The van der Waals surface area contributed by atoms with Gasteiger partial charge in [0, 0.05) is 12.1 Å². The Morgan fingerprint density at radius 3 is 2.67 bits per heavy atom. The minimum Gasteiger partial charge on any atom is -0.487 e. The highest BCUT2D eigenvalue weighted by atomic mass is 16.5. The lowest BCUT2D eigenvalue weighted by atomic mass is 10.1. The standard InChI is InChI=1S/C15H25NO2/c1-5-9-16-10-14-8-6-7-11(2)15(14)18-13(4)12(3)17/h6-8,12-13,16-17H,5,9-10H2,1-4H3. The van der Waals surface area contributed by atoms with Gasteiger partial charge in [-0.3, -0.25) is 0 Å². The van der Waals surface area contributed by atoms with Crippen LogP contribution in [-0.4, -0.2) is 23.9 Å². The lowest BCUT2D eigenvalue weighted by Gasteiger charge is -2.21. The van der Waals surface area contributed by atoms with Crippen molar-refractivity contribution in [2.75, 3.05) is 6.54 Å². The Hall–Kier alpha value is -1.06. The first kappa shape index (κ1) is 15.0. The minimum atomic E-state index is -0.471. The van der Waals surface area contributed by atoms with Gasteiger partial charge in [0.1, 0.15) is 11.9 Å². The Morgan fingerprint density at radius 1 is 1.33 bits per heavy atom. The highest BCUT2D eigenvalue weighted by molar-refractivity contribution is 5.40. The molecule has 102 valence electrons. The van der Waals surface area contributed by atoms with Crippen LogP contribution in [0.4, 0.5) is 0 Å². The Labute approximate surface area is 110 Å². The van der Waals surface area contributed by atoms with Gasteiger partial charge in [0.25, 0.3) is 0 Å². The predicted octanol–water partition coefficient (Wildman–Crippen LogP) is 2.64. The average molecular weight is 251 g/mol. The van der Waals surface area contributed by atoms with E-state index in [9.17, 15) is 5.11 Å². The van der Waals surface area contributed by atoms with Gasteiger partial charge < -0.3 is 15.2 Å². The summed E-state index contributed by atoms with van der Waals surface area (Å²) in [6.45, 7) is 9.62. The van der Waals surface area contributed by atoms with Crippen molar-refractivity contribution >= 4 is 0 Å². The van der Waals surface area contributed by atoms with Gasteiger partial charge in [-0.25, -0.2) is 0 Å². The van der Waals surface area contributed by atoms with E-state index in [0.29, 0.717) is 0 Å². The van der Waals surface area contributed by atoms with Crippen LogP contribution in [0.5, 0.6) is 5.75 Å². The van der Waals surface area contributed by atoms with E-state index < -0.39 is 6.10 Å². The first-order valence-corrected chi connectivity index (χ1v) is 6.70. The van der Waals surface area contributed by atoms with E-state index in [2.05, 4.69) is 18.3 Å². The molecule has 0 aliphatic heterocycles. The monoisotopic (exact) mass is 251 g/mol. The number of aliphatic hydroxyl groups excluding tert-OH is 1. The van der Waals surface area contributed by atoms with E-state index >= 15 is 0 Å². The first-order chi connectivity index (χ1) is 8.56. The van der Waals surface area contributed by atoms with Crippen LogP contribution in [0.15, 0.2) is 18.2 Å². The van der Waals surface area contributed by atoms with Crippen LogP contribution in [-0.2, 0) is 6.54 Å². The quantitative estimate of drug-likeness (QED) is 0.732. The molecule has 0 amide bonds. The molecule has 18 heavy (non-hydrogen) atoms. The molecule has 1 rings (SSSR count). The fourth-order valence-corrected chi connectivity index (χ4v) is 1.71. The van der Waals surface area contributed by atoms with Gasteiger partial charge in [0.15, 0.2) is 0 Å². The van der Waals surface area contributed by atoms with Gasteiger partial charge in [-0.05, 0) is 39.3 Å². The molecule has 0 heterocycles. The predicted molar refractivity (Wildman–Crippen MR) is 74.9 cm³/mol. The molecule has 2 atom stereocenters. The molecule has 0 aliphatic rings. The fourth-order valence-electron chi connectivity index (χ4n) is 1.71. The summed E-state index contributed by atoms with van der Waals surface area (Å²) in [5.41, 5.74) is 2.26. The van der Waals surface area contributed by atoms with Gasteiger partial charge in [-0.15, -0.1) is 0 Å². The molecule has 3 heteroatoms. The number of rotatable bonds is 7. The van der Waals surface area contributed by atoms with Crippen molar-refractivity contribution in [3.05, 3.63) is 29.3 Å². The summed E-state index contributed by atoms with van der Waals surface area (Å²) in [5, 5.41) is 12.9. The number of para-hydroxylation sites is 1. The second kappa shape index (κ2) is 7.39. The molecule has 2 N–H and O–H groups in total. The lowest BCUT2D eigenvalue weighted by molar-refractivity contribution is 0.0593. The maximum atomic E-state index is 9.54. The zero-order valence-electron chi connectivity index (χ0n) is 11.9. The summed E-state index contributed by atoms with van der Waals surface area (Å²) in [4.78, 5) is 0. The van der Waals surface area contributed by atoms with Gasteiger partial charge in [0.2, 0.25) is 0 Å². The number of aliphatic hydroxyl groups is 1. The Kier molecular flexibility index (Phi) is 6.16. The van der Waals surface area contributed by atoms with Crippen molar-refractivity contribution in [1.29, 1.82) is 0 Å². The summed E-state index contributed by atoms with van der Waals surface area (Å²) in [7, 11) is 0. The maximum Gasteiger partial charge on any atom is 0.127 e. The molecule has 0 aliphatic carbocycles. The molecule has 0 aromatic heterocycles. The van der Waals surface area contributed by atoms with Crippen molar-refractivity contribution in [2.24, 2.45) is 0 Å². The topological polar surface area (TPSA) is 41.5 Å². The first-order valence-electron chi connectivity index (χ1n) is 6.70. The van der Waals surface area contributed by atoms with Crippen molar-refractivity contribution in [1.82, 2.24) is 5.32 Å². The van der Waals surface area contributed by atoms with Crippen LogP contribution in [0.25, 0.3) is 0 Å². The third-order valence-corrected chi connectivity index (χ3v) is 3.02. The number of nitrogens with one attached hydrogen (secondary N) is 1. The van der Waals surface area contributed by atoms with E-state index in [-0.39, 0.29) is 6.10 Å². The molecule has 0 bridgehead atoms. The molecule has 0 saturated carbocycles. The van der Waals surface area contributed by atoms with Gasteiger partial charge in [0.05, 0.1) is 6.10 Å². The number of ether oxygens (including phenoxy) is 1. The summed E-state index contributed by atoms with van der Waals surface area (Å²) in [6.07, 6.45) is 0.448. The molecule has 1 aromatic carbocycles. The van der Waals surface area contributed by atoms with E-state index in [0.717, 1.165) is 36.4 Å². The van der Waals surface area contributed by atoms with Crippen LogP contribution in [0, 0.1) is 6.92 Å². The third-order valence-electron chi connectivity index (χ3n) is 3.02. The SMILES string of the molecule is CCCNCc1cccc(C)c1OC(C)C(C)O. The fraction of sp³-hybridized carbons (Fsp3) is 0.600. The number of hydrogen-bond acceptors (Lipinski definition) is 3. The normalized spacial score (nSPS) is 14.3. The number of hydrogen-bond donors (Lipinski definition) is 2. The molecule has 0 spiro atoms. The Bertz CT molecular complexity index is 364. The zero-order valence-corrected chi connectivity index (χ0v) is 11.9. The van der Waals surface area contributed by atoms with Gasteiger partial charge in [-0.1, -0.05) is 25.1 Å². The molecule has 0 fully saturated rings. The highest BCUT2D eigenvalue weighted by Crippen LogP contribution is 2.25. The molecular weight excluding hydrogens is 226 g/mol. The Morgan fingerprint density at radius 2 is 2.06 bits per heavy atom. The molecule has 0 saturated heterocycles. The molecular formula is C15H25NO2. The molecule has 0 radical (unpaired) electrons. The number of benzene rings is 1. The lowest BCUT2D eigenvalue weighted by Crippen LogP contribution is -2.27. The largest absolute Gasteiger partial charge is 0.487 e. The smallest absolute Gasteiger partial charge is 0.127 e. The summed E-state index contributed by atoms with van der Waals surface area (Å²) >= 11 is 0. The van der Waals surface area contributed by atoms with Gasteiger partial charge >= 0.3 is 0 Å². The van der Waals surface area contributed by atoms with Crippen molar-refractivity contribution < 1.29 is 9.84 Å². The highest BCUT2D eigenvalue weighted by Gasteiger charge is 2.14. The van der Waals surface area contributed by atoms with E-state index in [4.69, 9.17) is 4.74 Å². The van der Waals surface area contributed by atoms with Crippen LogP contribution in [0.2, 0.25) is 0 Å². The summed E-state index contributed by atoms with van der Waals surface area (Å²) in [5.74, 6) is 0.898. The van der Waals surface area contributed by atoms with Crippen molar-refractivity contribution in [2.45, 2.75) is 52.9 Å². The van der Waals surface area contributed by atoms with Crippen LogP contribution in [0.1, 0.15) is 38.3 Å². The maximum absolute atomic E-state index is 9.54. The number of aryl methyl sites for hydroxylation is 1. The van der Waals surface area contributed by atoms with Crippen molar-refractivity contribution in [3.63, 3.8) is 0 Å². The van der Waals surface area contributed by atoms with Crippen LogP contribution < -0.4 is 10.1 Å². The minimum absolute atomic E-state index is 0.198. The zero-order chi connectivity index (χ0) is 13.5. The average Bonchev–Trinajstić information content (AvgIpc) is 2.33. The summed E-state index contributed by atoms with van der Waals surface area (Å²) in [6, 6.07) is 6.14. The van der Waals surface area contributed by atoms with Gasteiger partial charge in [-0.2, -0.15) is 0 Å². The van der Waals surface area contributed by atoms with Crippen molar-refractivity contribution in [3.8, 4) is 5.75 Å². The second-order valence-corrected chi connectivity index (χ2v) is 4.80. The molecule has 3 nitrogen and oxygen atoms in total. The molecule has 1 aromatic rings. The van der Waals surface area contributed by atoms with Crippen LogP contribution >= 0.6 is 0 Å². The Balaban J connectivity index is 2.80. The molecule has 2 unspecified atom stereocenters. The van der Waals surface area contributed by atoms with E-state index in [1.165, 1.54) is 0 Å². The third kappa shape index (κ3) is 4.31. The van der Waals surface area contributed by atoms with E-state index in [1.807, 2.05) is 26.0 Å². The summed E-state index contributed by atoms with van der Waals surface area (Å²) < 4.78 is 5.88. The van der Waals surface area contributed by atoms with Crippen LogP contribution in [0.3, 0.4) is 0 Å².